The summed E-state index contributed by atoms with van der Waals surface area (Å²) < 4.78 is 0. The third kappa shape index (κ3) is 7.14. The van der Waals surface area contributed by atoms with Gasteiger partial charge >= 0.3 is 12.0 Å². The van der Waals surface area contributed by atoms with E-state index in [1.165, 1.54) is 0 Å². The van der Waals surface area contributed by atoms with E-state index in [4.69, 9.17) is 5.11 Å². The number of nitrogens with one attached hydrogen (secondary N) is 2. The van der Waals surface area contributed by atoms with Crippen LogP contribution in [-0.2, 0) is 4.79 Å². The second kappa shape index (κ2) is 7.95. The Balaban J connectivity index is 4.12. The lowest BCUT2D eigenvalue weighted by atomic mass is 10.0. The Hall–Kier alpha value is -1.26. The molecule has 0 spiro atoms. The predicted molar refractivity (Wildman–Crippen MR) is 71.5 cm³/mol. The highest BCUT2D eigenvalue weighted by Crippen LogP contribution is 2.06. The maximum absolute atomic E-state index is 11.6. The first-order valence-electron chi connectivity index (χ1n) is 6.53. The van der Waals surface area contributed by atoms with E-state index in [0.29, 0.717) is 5.92 Å². The minimum Gasteiger partial charge on any atom is -0.480 e. The van der Waals surface area contributed by atoms with Crippen LogP contribution in [0.3, 0.4) is 0 Å². The van der Waals surface area contributed by atoms with Crippen molar-refractivity contribution in [3.8, 4) is 0 Å². The Morgan fingerprint density at radius 2 is 1.56 bits per heavy atom. The van der Waals surface area contributed by atoms with Gasteiger partial charge in [-0.25, -0.2) is 9.59 Å². The third-order valence-electron chi connectivity index (χ3n) is 2.77. The quantitative estimate of drug-likeness (QED) is 0.655. The molecule has 0 aromatic heterocycles. The van der Waals surface area contributed by atoms with Crippen LogP contribution in [0, 0.1) is 11.8 Å². The van der Waals surface area contributed by atoms with E-state index in [-0.39, 0.29) is 12.0 Å². The van der Waals surface area contributed by atoms with Crippen molar-refractivity contribution >= 4 is 12.0 Å². The van der Waals surface area contributed by atoms with E-state index in [9.17, 15) is 9.59 Å². The molecular weight excluding hydrogens is 232 g/mol. The number of hydrogen-bond acceptors (Lipinski definition) is 2. The van der Waals surface area contributed by atoms with Gasteiger partial charge in [-0.15, -0.1) is 0 Å². The molecule has 0 aliphatic carbocycles. The monoisotopic (exact) mass is 258 g/mol. The van der Waals surface area contributed by atoms with E-state index in [0.717, 1.165) is 12.8 Å². The summed E-state index contributed by atoms with van der Waals surface area (Å²) in [7, 11) is 0. The van der Waals surface area contributed by atoms with Gasteiger partial charge in [-0.2, -0.15) is 0 Å². The van der Waals surface area contributed by atoms with Crippen LogP contribution in [-0.4, -0.2) is 29.2 Å². The number of carbonyl (C=O) groups is 2. The lowest BCUT2D eigenvalue weighted by molar-refractivity contribution is -0.140. The standard InChI is InChI=1S/C13H26N2O3/c1-8(2)6-7-10(5)14-13(18)15-11(9(3)4)12(16)17/h8-11H,6-7H2,1-5H3,(H,16,17)(H2,14,15,18). The van der Waals surface area contributed by atoms with Crippen molar-refractivity contribution in [1.82, 2.24) is 10.6 Å². The van der Waals surface area contributed by atoms with Gasteiger partial charge in [0, 0.05) is 6.04 Å². The smallest absolute Gasteiger partial charge is 0.326 e. The Labute approximate surface area is 109 Å². The molecule has 3 N–H and O–H groups in total. The molecule has 0 bridgehead atoms. The Bertz CT molecular complexity index is 277. The molecule has 0 aromatic carbocycles. The van der Waals surface area contributed by atoms with Gasteiger partial charge in [0.25, 0.3) is 0 Å². The zero-order valence-corrected chi connectivity index (χ0v) is 12.0. The number of carbonyl (C=O) groups excluding carboxylic acids is 1. The van der Waals surface area contributed by atoms with Crippen LogP contribution in [0.25, 0.3) is 0 Å². The Morgan fingerprint density at radius 3 is 1.94 bits per heavy atom. The van der Waals surface area contributed by atoms with Gasteiger partial charge in [0.05, 0.1) is 0 Å². The zero-order chi connectivity index (χ0) is 14.3. The first kappa shape index (κ1) is 16.7. The molecule has 0 heterocycles. The number of aliphatic carboxylic acids is 1. The van der Waals surface area contributed by atoms with Crippen LogP contribution >= 0.6 is 0 Å². The molecule has 0 rings (SSSR count). The van der Waals surface area contributed by atoms with Gasteiger partial charge in [0.1, 0.15) is 6.04 Å². The fourth-order valence-electron chi connectivity index (χ4n) is 1.58. The van der Waals surface area contributed by atoms with E-state index >= 15 is 0 Å². The van der Waals surface area contributed by atoms with Crippen molar-refractivity contribution in [2.24, 2.45) is 11.8 Å². The average Bonchev–Trinajstić information content (AvgIpc) is 2.22. The highest BCUT2D eigenvalue weighted by Gasteiger charge is 2.23. The van der Waals surface area contributed by atoms with Gasteiger partial charge in [0.2, 0.25) is 0 Å². The Kier molecular flexibility index (Phi) is 7.39. The van der Waals surface area contributed by atoms with Crippen molar-refractivity contribution in [3.63, 3.8) is 0 Å². The first-order chi connectivity index (χ1) is 8.23. The van der Waals surface area contributed by atoms with Gasteiger partial charge in [-0.3, -0.25) is 0 Å². The molecule has 0 saturated heterocycles. The van der Waals surface area contributed by atoms with E-state index in [1.54, 1.807) is 13.8 Å². The second-order valence-electron chi connectivity index (χ2n) is 5.55. The highest BCUT2D eigenvalue weighted by molar-refractivity contribution is 5.82. The summed E-state index contributed by atoms with van der Waals surface area (Å²) in [6.07, 6.45) is 1.93. The minimum atomic E-state index is -1.00. The fraction of sp³-hybridized carbons (Fsp3) is 0.846. The number of carboxylic acids is 1. The van der Waals surface area contributed by atoms with Crippen LogP contribution < -0.4 is 10.6 Å². The molecule has 18 heavy (non-hydrogen) atoms. The largest absolute Gasteiger partial charge is 0.480 e. The lowest BCUT2D eigenvalue weighted by Gasteiger charge is -2.21. The van der Waals surface area contributed by atoms with Crippen molar-refractivity contribution in [3.05, 3.63) is 0 Å². The second-order valence-corrected chi connectivity index (χ2v) is 5.55. The maximum atomic E-state index is 11.6. The zero-order valence-electron chi connectivity index (χ0n) is 12.0. The molecule has 5 nitrogen and oxygen atoms in total. The van der Waals surface area contributed by atoms with Crippen LogP contribution in [0.5, 0.6) is 0 Å². The molecule has 2 atom stereocenters. The van der Waals surface area contributed by atoms with Crippen molar-refractivity contribution in [1.29, 1.82) is 0 Å². The maximum Gasteiger partial charge on any atom is 0.326 e. The number of hydrogen-bond donors (Lipinski definition) is 3. The number of carboxylic acid groups (broad SMARTS) is 1. The normalized spacial score (nSPS) is 14.4. The minimum absolute atomic E-state index is 0.0500. The third-order valence-corrected chi connectivity index (χ3v) is 2.77. The molecule has 2 amide bonds. The summed E-state index contributed by atoms with van der Waals surface area (Å²) in [6, 6.07) is -1.20. The van der Waals surface area contributed by atoms with Gasteiger partial charge in [0.15, 0.2) is 0 Å². The van der Waals surface area contributed by atoms with Crippen LogP contribution in [0.4, 0.5) is 4.79 Å². The Morgan fingerprint density at radius 1 is 1.00 bits per heavy atom. The van der Waals surface area contributed by atoms with Crippen molar-refractivity contribution < 1.29 is 14.7 Å². The molecule has 0 aliphatic heterocycles. The van der Waals surface area contributed by atoms with E-state index in [1.807, 2.05) is 6.92 Å². The summed E-state index contributed by atoms with van der Waals surface area (Å²) in [5, 5.41) is 14.2. The van der Waals surface area contributed by atoms with E-state index < -0.39 is 18.0 Å². The van der Waals surface area contributed by atoms with Crippen molar-refractivity contribution in [2.75, 3.05) is 0 Å². The van der Waals surface area contributed by atoms with Crippen LogP contribution in [0.15, 0.2) is 0 Å². The number of rotatable bonds is 7. The molecule has 106 valence electrons. The predicted octanol–water partition coefficient (Wildman–Crippen LogP) is 2.22. The van der Waals surface area contributed by atoms with Crippen LogP contribution in [0.2, 0.25) is 0 Å². The molecule has 0 fully saturated rings. The summed E-state index contributed by atoms with van der Waals surface area (Å²) in [6.45, 7) is 9.72. The van der Waals surface area contributed by atoms with Gasteiger partial charge in [-0.1, -0.05) is 27.7 Å². The topological polar surface area (TPSA) is 78.4 Å². The number of urea groups is 1. The molecule has 5 heteroatoms. The first-order valence-corrected chi connectivity index (χ1v) is 6.53. The van der Waals surface area contributed by atoms with Crippen molar-refractivity contribution in [2.45, 2.75) is 59.5 Å². The van der Waals surface area contributed by atoms with Gasteiger partial charge in [-0.05, 0) is 31.6 Å². The highest BCUT2D eigenvalue weighted by atomic mass is 16.4. The molecule has 2 unspecified atom stereocenters. The molecular formula is C13H26N2O3. The fourth-order valence-corrected chi connectivity index (χ4v) is 1.58. The van der Waals surface area contributed by atoms with Gasteiger partial charge < -0.3 is 15.7 Å². The molecule has 0 aromatic rings. The summed E-state index contributed by atoms with van der Waals surface area (Å²) in [4.78, 5) is 22.6. The summed E-state index contributed by atoms with van der Waals surface area (Å²) in [5.74, 6) is -0.547. The average molecular weight is 258 g/mol. The SMILES string of the molecule is CC(C)CCC(C)NC(=O)NC(C(=O)O)C(C)C. The van der Waals surface area contributed by atoms with E-state index in [2.05, 4.69) is 24.5 Å². The molecule has 0 saturated carbocycles. The van der Waals surface area contributed by atoms with Crippen LogP contribution in [0.1, 0.15) is 47.5 Å². The summed E-state index contributed by atoms with van der Waals surface area (Å²) >= 11 is 0. The molecule has 0 aliphatic rings. The molecule has 0 radical (unpaired) electrons. The lowest BCUT2D eigenvalue weighted by Crippen LogP contribution is -2.50. The summed E-state index contributed by atoms with van der Waals surface area (Å²) in [5.41, 5.74) is 0. The number of amides is 2.